The predicted molar refractivity (Wildman–Crippen MR) is 65.7 cm³/mol. The summed E-state index contributed by atoms with van der Waals surface area (Å²) < 4.78 is 5.47. The summed E-state index contributed by atoms with van der Waals surface area (Å²) >= 11 is 0. The Labute approximate surface area is 101 Å². The number of nitrogens with one attached hydrogen (secondary N) is 1. The SMILES string of the molecule is CC1(N)CCNCC1OC(=O)c1ccccc1. The number of esters is 1. The zero-order valence-corrected chi connectivity index (χ0v) is 9.98. The number of rotatable bonds is 2. The van der Waals surface area contributed by atoms with Gasteiger partial charge in [0.25, 0.3) is 0 Å². The quantitative estimate of drug-likeness (QED) is 0.747. The molecule has 2 rings (SSSR count). The van der Waals surface area contributed by atoms with Crippen LogP contribution >= 0.6 is 0 Å². The molecule has 0 aliphatic carbocycles. The number of hydrogen-bond acceptors (Lipinski definition) is 4. The molecule has 0 aromatic heterocycles. The van der Waals surface area contributed by atoms with Gasteiger partial charge >= 0.3 is 5.97 Å². The van der Waals surface area contributed by atoms with Crippen LogP contribution in [-0.2, 0) is 4.74 Å². The van der Waals surface area contributed by atoms with E-state index in [2.05, 4.69) is 5.32 Å². The van der Waals surface area contributed by atoms with Gasteiger partial charge in [0.1, 0.15) is 6.10 Å². The first-order valence-corrected chi connectivity index (χ1v) is 5.85. The normalized spacial score (nSPS) is 28.7. The van der Waals surface area contributed by atoms with Gasteiger partial charge in [-0.1, -0.05) is 18.2 Å². The van der Waals surface area contributed by atoms with Gasteiger partial charge in [0.15, 0.2) is 0 Å². The van der Waals surface area contributed by atoms with Crippen molar-refractivity contribution >= 4 is 5.97 Å². The average molecular weight is 234 g/mol. The van der Waals surface area contributed by atoms with E-state index in [0.717, 1.165) is 13.0 Å². The first-order chi connectivity index (χ1) is 8.09. The molecule has 1 aliphatic rings. The van der Waals surface area contributed by atoms with Crippen LogP contribution in [0.5, 0.6) is 0 Å². The standard InChI is InChI=1S/C13H18N2O2/c1-13(14)7-8-15-9-11(13)17-12(16)10-5-3-2-4-6-10/h2-6,11,15H,7-9,14H2,1H3. The summed E-state index contributed by atoms with van der Waals surface area (Å²) in [6.45, 7) is 3.41. The van der Waals surface area contributed by atoms with Crippen LogP contribution in [0.1, 0.15) is 23.7 Å². The lowest BCUT2D eigenvalue weighted by Crippen LogP contribution is -2.59. The summed E-state index contributed by atoms with van der Waals surface area (Å²) in [4.78, 5) is 11.9. The topological polar surface area (TPSA) is 64.3 Å². The largest absolute Gasteiger partial charge is 0.455 e. The van der Waals surface area contributed by atoms with E-state index in [-0.39, 0.29) is 12.1 Å². The van der Waals surface area contributed by atoms with Gasteiger partial charge in [0, 0.05) is 6.54 Å². The Morgan fingerprint density at radius 3 is 2.82 bits per heavy atom. The van der Waals surface area contributed by atoms with E-state index in [4.69, 9.17) is 10.5 Å². The molecule has 2 unspecified atom stereocenters. The van der Waals surface area contributed by atoms with Crippen LogP contribution in [0.15, 0.2) is 30.3 Å². The molecule has 0 amide bonds. The fourth-order valence-corrected chi connectivity index (χ4v) is 1.93. The van der Waals surface area contributed by atoms with Gasteiger partial charge in [-0.25, -0.2) is 4.79 Å². The summed E-state index contributed by atoms with van der Waals surface area (Å²) in [6, 6.07) is 8.99. The third-order valence-corrected chi connectivity index (χ3v) is 3.16. The Bertz CT molecular complexity index is 390. The third kappa shape index (κ3) is 2.84. The summed E-state index contributed by atoms with van der Waals surface area (Å²) in [5, 5.41) is 3.19. The van der Waals surface area contributed by atoms with E-state index in [1.165, 1.54) is 0 Å². The Balaban J connectivity index is 2.03. The minimum atomic E-state index is -0.449. The molecule has 1 saturated heterocycles. The van der Waals surface area contributed by atoms with Crippen molar-refractivity contribution in [1.82, 2.24) is 5.32 Å². The molecule has 0 saturated carbocycles. The van der Waals surface area contributed by atoms with E-state index < -0.39 is 5.54 Å². The second kappa shape index (κ2) is 4.85. The van der Waals surface area contributed by atoms with E-state index in [0.29, 0.717) is 12.1 Å². The summed E-state index contributed by atoms with van der Waals surface area (Å²) in [6.07, 6.45) is 0.531. The van der Waals surface area contributed by atoms with Gasteiger partial charge in [0.05, 0.1) is 11.1 Å². The number of nitrogens with two attached hydrogens (primary N) is 1. The van der Waals surface area contributed by atoms with E-state index >= 15 is 0 Å². The molecule has 4 nitrogen and oxygen atoms in total. The molecule has 0 spiro atoms. The Morgan fingerprint density at radius 2 is 2.18 bits per heavy atom. The second-order valence-corrected chi connectivity index (χ2v) is 4.72. The molecule has 2 atom stereocenters. The van der Waals surface area contributed by atoms with E-state index in [1.54, 1.807) is 12.1 Å². The highest BCUT2D eigenvalue weighted by Gasteiger charge is 2.35. The molecule has 1 aliphatic heterocycles. The molecule has 0 bridgehead atoms. The maximum Gasteiger partial charge on any atom is 0.338 e. The number of benzene rings is 1. The lowest BCUT2D eigenvalue weighted by molar-refractivity contribution is 0.00169. The van der Waals surface area contributed by atoms with Gasteiger partial charge < -0.3 is 15.8 Å². The average Bonchev–Trinajstić information content (AvgIpc) is 2.33. The van der Waals surface area contributed by atoms with E-state index in [9.17, 15) is 4.79 Å². The Morgan fingerprint density at radius 1 is 1.47 bits per heavy atom. The molecule has 1 heterocycles. The lowest BCUT2D eigenvalue weighted by atomic mass is 9.89. The highest BCUT2D eigenvalue weighted by atomic mass is 16.5. The van der Waals surface area contributed by atoms with Crippen molar-refractivity contribution < 1.29 is 9.53 Å². The minimum Gasteiger partial charge on any atom is -0.455 e. The number of piperidine rings is 1. The second-order valence-electron chi connectivity index (χ2n) is 4.72. The van der Waals surface area contributed by atoms with Gasteiger partial charge in [-0.15, -0.1) is 0 Å². The molecule has 0 radical (unpaired) electrons. The van der Waals surface area contributed by atoms with Crippen LogP contribution in [0, 0.1) is 0 Å². The van der Waals surface area contributed by atoms with Gasteiger partial charge in [-0.05, 0) is 32.0 Å². The van der Waals surface area contributed by atoms with Crippen molar-refractivity contribution in [3.63, 3.8) is 0 Å². The summed E-state index contributed by atoms with van der Waals surface area (Å²) in [5.74, 6) is -0.309. The Kier molecular flexibility index (Phi) is 3.45. The maximum atomic E-state index is 11.9. The summed E-state index contributed by atoms with van der Waals surface area (Å²) in [5.41, 5.74) is 6.25. The first kappa shape index (κ1) is 12.1. The van der Waals surface area contributed by atoms with Crippen LogP contribution in [-0.4, -0.2) is 30.7 Å². The highest BCUT2D eigenvalue weighted by Crippen LogP contribution is 2.19. The maximum absolute atomic E-state index is 11.9. The van der Waals surface area contributed by atoms with Crippen molar-refractivity contribution in [2.75, 3.05) is 13.1 Å². The number of hydrogen-bond donors (Lipinski definition) is 2. The van der Waals surface area contributed by atoms with Crippen LogP contribution in [0.2, 0.25) is 0 Å². The van der Waals surface area contributed by atoms with Crippen LogP contribution in [0.25, 0.3) is 0 Å². The highest BCUT2D eigenvalue weighted by molar-refractivity contribution is 5.89. The molecule has 1 aromatic carbocycles. The fourth-order valence-electron chi connectivity index (χ4n) is 1.93. The lowest BCUT2D eigenvalue weighted by Gasteiger charge is -2.37. The van der Waals surface area contributed by atoms with Crippen molar-refractivity contribution in [3.8, 4) is 0 Å². The van der Waals surface area contributed by atoms with Gasteiger partial charge in [0.2, 0.25) is 0 Å². The van der Waals surface area contributed by atoms with Crippen LogP contribution in [0.3, 0.4) is 0 Å². The molecule has 17 heavy (non-hydrogen) atoms. The van der Waals surface area contributed by atoms with Crippen molar-refractivity contribution in [2.24, 2.45) is 5.73 Å². The first-order valence-electron chi connectivity index (χ1n) is 5.85. The molecular formula is C13H18N2O2. The zero-order chi connectivity index (χ0) is 12.3. The number of carbonyl (C=O) groups is 1. The molecule has 3 N–H and O–H groups in total. The fraction of sp³-hybridized carbons (Fsp3) is 0.462. The van der Waals surface area contributed by atoms with Crippen molar-refractivity contribution in [1.29, 1.82) is 0 Å². The number of ether oxygens (including phenoxy) is 1. The van der Waals surface area contributed by atoms with Crippen LogP contribution < -0.4 is 11.1 Å². The van der Waals surface area contributed by atoms with Crippen molar-refractivity contribution in [2.45, 2.75) is 25.0 Å². The third-order valence-electron chi connectivity index (χ3n) is 3.16. The van der Waals surface area contributed by atoms with Gasteiger partial charge in [-0.2, -0.15) is 0 Å². The van der Waals surface area contributed by atoms with Crippen LogP contribution in [0.4, 0.5) is 0 Å². The molecule has 1 fully saturated rings. The van der Waals surface area contributed by atoms with E-state index in [1.807, 2.05) is 25.1 Å². The smallest absolute Gasteiger partial charge is 0.338 e. The van der Waals surface area contributed by atoms with Crippen molar-refractivity contribution in [3.05, 3.63) is 35.9 Å². The molecule has 4 heteroatoms. The molecule has 92 valence electrons. The zero-order valence-electron chi connectivity index (χ0n) is 9.98. The minimum absolute atomic E-state index is 0.274. The number of carbonyl (C=O) groups excluding carboxylic acids is 1. The molecule has 1 aromatic rings. The Hall–Kier alpha value is -1.39. The monoisotopic (exact) mass is 234 g/mol. The molecular weight excluding hydrogens is 216 g/mol. The van der Waals surface area contributed by atoms with Gasteiger partial charge in [-0.3, -0.25) is 0 Å². The predicted octanol–water partition coefficient (Wildman–Crippen LogP) is 0.923. The summed E-state index contributed by atoms with van der Waals surface area (Å²) in [7, 11) is 0.